The summed E-state index contributed by atoms with van der Waals surface area (Å²) in [5.74, 6) is -1.53. The van der Waals surface area contributed by atoms with Crippen LogP contribution >= 0.6 is 11.3 Å². The molecule has 36 heavy (non-hydrogen) atoms. The van der Waals surface area contributed by atoms with Crippen LogP contribution in [0.1, 0.15) is 55.2 Å². The number of likely N-dealkylation sites (tertiary alicyclic amines) is 1. The second-order valence-corrected chi connectivity index (χ2v) is 9.75. The Balaban J connectivity index is 1.28. The van der Waals surface area contributed by atoms with Crippen LogP contribution in [0.5, 0.6) is 0 Å². The highest BCUT2D eigenvalue weighted by atomic mass is 32.1. The van der Waals surface area contributed by atoms with Gasteiger partial charge in [0.15, 0.2) is 0 Å². The summed E-state index contributed by atoms with van der Waals surface area (Å²) in [5.41, 5.74) is 2.30. The van der Waals surface area contributed by atoms with Gasteiger partial charge < -0.3 is 15.7 Å². The highest BCUT2D eigenvalue weighted by Gasteiger charge is 2.19. The van der Waals surface area contributed by atoms with Crippen molar-refractivity contribution in [3.63, 3.8) is 0 Å². The van der Waals surface area contributed by atoms with Crippen LogP contribution in [0.25, 0.3) is 10.2 Å². The summed E-state index contributed by atoms with van der Waals surface area (Å²) >= 11 is 1.02. The third-order valence-electron chi connectivity index (χ3n) is 6.19. The Labute approximate surface area is 211 Å². The molecule has 0 radical (unpaired) electrons. The number of hydrogen-bond acceptors (Lipinski definition) is 6. The molecule has 2 aromatic carbocycles. The van der Waals surface area contributed by atoms with Gasteiger partial charge in [0.25, 0.3) is 11.8 Å². The summed E-state index contributed by atoms with van der Waals surface area (Å²) < 4.78 is 0. The number of para-hydroxylation sites is 1. The number of aromatic nitrogens is 2. The number of nitrogens with zero attached hydrogens (tertiary/aromatic N) is 2. The summed E-state index contributed by atoms with van der Waals surface area (Å²) in [7, 11) is 0. The Bertz CT molecular complexity index is 1420. The summed E-state index contributed by atoms with van der Waals surface area (Å²) in [4.78, 5) is 40.2. The first-order chi connectivity index (χ1) is 17.5. The second-order valence-electron chi connectivity index (χ2n) is 8.72. The predicted molar refractivity (Wildman–Crippen MR) is 139 cm³/mol. The normalized spacial score (nSPS) is 14.0. The predicted octanol–water partition coefficient (Wildman–Crippen LogP) is 4.81. The lowest BCUT2D eigenvalue weighted by molar-refractivity contribution is 0.0701. The van der Waals surface area contributed by atoms with Gasteiger partial charge >= 0.3 is 5.97 Å². The first-order valence-electron chi connectivity index (χ1n) is 11.7. The van der Waals surface area contributed by atoms with Crippen molar-refractivity contribution in [2.45, 2.75) is 25.8 Å². The highest BCUT2D eigenvalue weighted by molar-refractivity contribution is 7.20. The van der Waals surface area contributed by atoms with E-state index in [0.717, 1.165) is 31.0 Å². The Kier molecular flexibility index (Phi) is 6.79. The molecule has 4 aromatic rings. The molecular formula is C26H25N5O4S. The lowest BCUT2D eigenvalue weighted by Gasteiger charge is -2.26. The van der Waals surface area contributed by atoms with Gasteiger partial charge in [0.2, 0.25) is 0 Å². The maximum atomic E-state index is 13.0. The molecule has 1 saturated heterocycles. The Morgan fingerprint density at radius 1 is 0.972 bits per heavy atom. The van der Waals surface area contributed by atoms with Gasteiger partial charge in [0.05, 0.1) is 16.6 Å². The number of nitrogens with one attached hydrogen (secondary N) is 3. The number of hydrogen-bond donors (Lipinski definition) is 4. The molecule has 1 fully saturated rings. The molecule has 0 unspecified atom stereocenters. The molecule has 0 aliphatic carbocycles. The van der Waals surface area contributed by atoms with Crippen LogP contribution < -0.4 is 10.6 Å². The minimum atomic E-state index is -1.05. The molecule has 0 atom stereocenters. The lowest BCUT2D eigenvalue weighted by Crippen LogP contribution is -2.29. The van der Waals surface area contributed by atoms with E-state index >= 15 is 0 Å². The maximum absolute atomic E-state index is 13.0. The SMILES string of the molecule is O=C(Nc1ccccc1C(=O)Nc1[nH]nc2sc(C(=O)O)cc12)c1ccc(CN2CCCCC2)cc1. The first-order valence-corrected chi connectivity index (χ1v) is 12.5. The Morgan fingerprint density at radius 2 is 1.72 bits per heavy atom. The molecule has 1 aliphatic rings. The smallest absolute Gasteiger partial charge is 0.345 e. The standard InChI is InChI=1S/C26H25N5O4S/c32-23(17-10-8-16(9-11-17)15-31-12-4-1-5-13-31)27-20-7-3-2-6-18(20)24(33)28-22-19-14-21(26(34)35)36-25(19)30-29-22/h2-3,6-11,14H,1,4-5,12-13,15H2,(H,27,32)(H,34,35)(H2,28,29,30,33). The zero-order chi connectivity index (χ0) is 25.1. The summed E-state index contributed by atoms with van der Waals surface area (Å²) in [6.07, 6.45) is 3.76. The zero-order valence-electron chi connectivity index (χ0n) is 19.4. The summed E-state index contributed by atoms with van der Waals surface area (Å²) in [5, 5.41) is 22.1. The van der Waals surface area contributed by atoms with E-state index < -0.39 is 11.9 Å². The van der Waals surface area contributed by atoms with Gasteiger partial charge in [-0.2, -0.15) is 5.10 Å². The van der Waals surface area contributed by atoms with Crippen molar-refractivity contribution in [2.75, 3.05) is 23.7 Å². The van der Waals surface area contributed by atoms with Crippen molar-refractivity contribution in [3.05, 3.63) is 76.2 Å². The number of aromatic amines is 1. The van der Waals surface area contributed by atoms with Crippen LogP contribution in [0, 0.1) is 0 Å². The number of H-pyrrole nitrogens is 1. The fourth-order valence-corrected chi connectivity index (χ4v) is 5.15. The molecule has 0 bridgehead atoms. The summed E-state index contributed by atoms with van der Waals surface area (Å²) in [6.45, 7) is 3.10. The van der Waals surface area contributed by atoms with Gasteiger partial charge in [-0.3, -0.25) is 19.6 Å². The maximum Gasteiger partial charge on any atom is 0.345 e. The lowest BCUT2D eigenvalue weighted by atomic mass is 10.1. The number of carbonyl (C=O) groups excluding carboxylic acids is 2. The van der Waals surface area contributed by atoms with Crippen molar-refractivity contribution in [1.29, 1.82) is 0 Å². The van der Waals surface area contributed by atoms with Crippen LogP contribution in [0.4, 0.5) is 11.5 Å². The number of fused-ring (bicyclic) bond motifs is 1. The molecule has 3 heterocycles. The number of piperidine rings is 1. The van der Waals surface area contributed by atoms with E-state index in [4.69, 9.17) is 0 Å². The molecule has 184 valence electrons. The summed E-state index contributed by atoms with van der Waals surface area (Å²) in [6, 6.07) is 15.7. The van der Waals surface area contributed by atoms with E-state index in [2.05, 4.69) is 25.7 Å². The van der Waals surface area contributed by atoms with Crippen LogP contribution in [0.2, 0.25) is 0 Å². The fourth-order valence-electron chi connectivity index (χ4n) is 4.31. The van der Waals surface area contributed by atoms with Crippen molar-refractivity contribution >= 4 is 50.8 Å². The number of carboxylic acid groups (broad SMARTS) is 1. The van der Waals surface area contributed by atoms with Gasteiger partial charge in [-0.15, -0.1) is 11.3 Å². The number of benzene rings is 2. The highest BCUT2D eigenvalue weighted by Crippen LogP contribution is 2.30. The van der Waals surface area contributed by atoms with Crippen molar-refractivity contribution in [1.82, 2.24) is 15.1 Å². The molecule has 9 nitrogen and oxygen atoms in total. The number of anilines is 2. The molecule has 2 aromatic heterocycles. The number of carboxylic acids is 1. The van der Waals surface area contributed by atoms with Crippen LogP contribution in [0.15, 0.2) is 54.6 Å². The Morgan fingerprint density at radius 3 is 2.47 bits per heavy atom. The quantitative estimate of drug-likeness (QED) is 0.287. The average Bonchev–Trinajstić information content (AvgIpc) is 3.48. The third-order valence-corrected chi connectivity index (χ3v) is 7.21. The molecule has 4 N–H and O–H groups in total. The van der Waals surface area contributed by atoms with Crippen LogP contribution in [-0.2, 0) is 6.54 Å². The van der Waals surface area contributed by atoms with Gasteiger partial charge in [-0.25, -0.2) is 4.79 Å². The topological polar surface area (TPSA) is 127 Å². The molecule has 0 saturated carbocycles. The van der Waals surface area contributed by atoms with E-state index in [1.54, 1.807) is 36.4 Å². The molecular weight excluding hydrogens is 478 g/mol. The van der Waals surface area contributed by atoms with E-state index in [1.807, 2.05) is 12.1 Å². The number of carbonyl (C=O) groups is 3. The van der Waals surface area contributed by atoms with Crippen molar-refractivity contribution < 1.29 is 19.5 Å². The molecule has 5 rings (SSSR count). The van der Waals surface area contributed by atoms with E-state index in [1.165, 1.54) is 30.9 Å². The number of thiophene rings is 1. The van der Waals surface area contributed by atoms with E-state index in [9.17, 15) is 19.5 Å². The number of rotatable bonds is 7. The van der Waals surface area contributed by atoms with Crippen molar-refractivity contribution in [3.8, 4) is 0 Å². The Hall–Kier alpha value is -4.02. The van der Waals surface area contributed by atoms with E-state index in [0.29, 0.717) is 27.3 Å². The van der Waals surface area contributed by atoms with Crippen LogP contribution in [-0.4, -0.2) is 51.1 Å². The molecule has 1 aliphatic heterocycles. The van der Waals surface area contributed by atoms with Gasteiger partial charge in [-0.1, -0.05) is 30.7 Å². The largest absolute Gasteiger partial charge is 0.477 e. The molecule has 2 amide bonds. The fraction of sp³-hybridized carbons (Fsp3) is 0.231. The molecule has 0 spiro atoms. The average molecular weight is 504 g/mol. The molecule has 10 heteroatoms. The monoisotopic (exact) mass is 503 g/mol. The minimum absolute atomic E-state index is 0.131. The van der Waals surface area contributed by atoms with Crippen molar-refractivity contribution in [2.24, 2.45) is 0 Å². The van der Waals surface area contributed by atoms with Gasteiger partial charge in [0, 0.05) is 12.1 Å². The van der Waals surface area contributed by atoms with Gasteiger partial charge in [-0.05, 0) is 61.8 Å². The van der Waals surface area contributed by atoms with Crippen LogP contribution in [0.3, 0.4) is 0 Å². The third kappa shape index (κ3) is 5.14. The number of amides is 2. The number of aromatic carboxylic acids is 1. The van der Waals surface area contributed by atoms with E-state index in [-0.39, 0.29) is 16.3 Å². The minimum Gasteiger partial charge on any atom is -0.477 e. The first kappa shape index (κ1) is 23.7. The van der Waals surface area contributed by atoms with Gasteiger partial charge in [0.1, 0.15) is 15.5 Å². The zero-order valence-corrected chi connectivity index (χ0v) is 20.2. The second kappa shape index (κ2) is 10.3.